The van der Waals surface area contributed by atoms with Crippen molar-refractivity contribution in [1.29, 1.82) is 0 Å². The van der Waals surface area contributed by atoms with E-state index >= 15 is 0 Å². The zero-order valence-electron chi connectivity index (χ0n) is 21.5. The van der Waals surface area contributed by atoms with Crippen LogP contribution in [-0.2, 0) is 13.9 Å². The molecule has 1 saturated heterocycles. The number of para-hydroxylation sites is 1. The Balaban J connectivity index is 1.65. The Bertz CT molecular complexity index is 1330. The number of carbonyl (C=O) groups excluding carboxylic acids is 1. The molecule has 0 radical (unpaired) electrons. The number of fused-ring (bicyclic) bond motifs is 1. The summed E-state index contributed by atoms with van der Waals surface area (Å²) in [5.41, 5.74) is 5.14. The molecule has 1 aromatic carbocycles. The number of aromatic nitrogens is 3. The van der Waals surface area contributed by atoms with Gasteiger partial charge in [-0.15, -0.1) is 6.42 Å². The lowest BCUT2D eigenvalue weighted by Gasteiger charge is -2.39. The lowest BCUT2D eigenvalue weighted by atomic mass is 9.99. The van der Waals surface area contributed by atoms with Gasteiger partial charge in [0.25, 0.3) is 0 Å². The van der Waals surface area contributed by atoms with Crippen LogP contribution in [0.15, 0.2) is 42.6 Å². The van der Waals surface area contributed by atoms with Crippen LogP contribution in [0.3, 0.4) is 0 Å². The molecule has 0 aliphatic carbocycles. The molecule has 0 spiro atoms. The number of terminal acetylenes is 1. The summed E-state index contributed by atoms with van der Waals surface area (Å²) < 4.78 is 25.8. The molecule has 0 bridgehead atoms. The Morgan fingerprint density at radius 3 is 2.65 bits per heavy atom. The molecule has 3 atom stereocenters. The van der Waals surface area contributed by atoms with Gasteiger partial charge in [-0.2, -0.15) is 4.98 Å². The molecular formula is C26H31ClN4O5Si. The van der Waals surface area contributed by atoms with Crippen LogP contribution in [0.25, 0.3) is 11.0 Å². The Morgan fingerprint density at radius 1 is 1.30 bits per heavy atom. The molecular weight excluding hydrogens is 512 g/mol. The smallest absolute Gasteiger partial charge is 0.426 e. The summed E-state index contributed by atoms with van der Waals surface area (Å²) in [6.45, 7) is 10.7. The minimum absolute atomic E-state index is 0.00617. The molecule has 37 heavy (non-hydrogen) atoms. The number of carbonyl (C=O) groups is 1. The number of nitrogens with zero attached hydrogens (tertiary/aromatic N) is 3. The first-order valence-electron chi connectivity index (χ1n) is 11.9. The van der Waals surface area contributed by atoms with Gasteiger partial charge in [0.15, 0.2) is 20.0 Å². The SMILES string of the molecule is C#C[C@]1(CO[Si](C)(C)C(C)(C)C)O[C@@H](n2ccc3c(N)nc(Cl)nc32)C[C@@H]1OC(=O)Oc1ccccc1. The van der Waals surface area contributed by atoms with Crippen molar-refractivity contribution in [2.45, 2.75) is 63.3 Å². The van der Waals surface area contributed by atoms with Crippen LogP contribution >= 0.6 is 11.6 Å². The second-order valence-electron chi connectivity index (χ2n) is 10.5. The highest BCUT2D eigenvalue weighted by Gasteiger charge is 2.53. The average molecular weight is 543 g/mol. The first-order chi connectivity index (χ1) is 17.3. The van der Waals surface area contributed by atoms with E-state index in [0.29, 0.717) is 16.8 Å². The molecule has 3 aromatic rings. The van der Waals surface area contributed by atoms with Crippen LogP contribution in [0, 0.1) is 12.3 Å². The van der Waals surface area contributed by atoms with Crippen molar-refractivity contribution in [2.75, 3.05) is 12.3 Å². The maximum Gasteiger partial charge on any atom is 0.514 e. The summed E-state index contributed by atoms with van der Waals surface area (Å²) in [6.07, 6.45) is 5.64. The molecule has 2 aromatic heterocycles. The standard InChI is InChI=1S/C26H31ClN4O5Si/c1-7-26(16-33-37(5,6)25(2,3)4)19(35-24(32)34-17-11-9-8-10-12-17)15-20(36-26)31-14-13-18-21(28)29-23(27)30-22(18)31/h1,8-14,19-20H,15-16H2,2-6H3,(H2,28,29,30)/t19-,20+,26+/m0/s1. The largest absolute Gasteiger partial charge is 0.514 e. The highest BCUT2D eigenvalue weighted by atomic mass is 35.5. The number of nitrogens with two attached hydrogens (primary N) is 1. The predicted molar refractivity (Wildman–Crippen MR) is 144 cm³/mol. The minimum Gasteiger partial charge on any atom is -0.426 e. The molecule has 196 valence electrons. The van der Waals surface area contributed by atoms with Gasteiger partial charge in [0.05, 0.1) is 12.0 Å². The van der Waals surface area contributed by atoms with Crippen molar-refractivity contribution in [1.82, 2.24) is 14.5 Å². The van der Waals surface area contributed by atoms with Gasteiger partial charge in [0.1, 0.15) is 23.4 Å². The molecule has 4 rings (SSSR count). The van der Waals surface area contributed by atoms with Gasteiger partial charge in [-0.25, -0.2) is 9.78 Å². The van der Waals surface area contributed by atoms with Gasteiger partial charge in [0.2, 0.25) is 5.28 Å². The molecule has 1 fully saturated rings. The Kier molecular flexibility index (Phi) is 7.27. The molecule has 3 heterocycles. The summed E-state index contributed by atoms with van der Waals surface area (Å²) in [5.74, 6) is 3.33. The van der Waals surface area contributed by atoms with Crippen LogP contribution in [0.5, 0.6) is 5.75 Å². The van der Waals surface area contributed by atoms with Crippen molar-refractivity contribution < 1.29 is 23.4 Å². The van der Waals surface area contributed by atoms with E-state index in [9.17, 15) is 4.79 Å². The van der Waals surface area contributed by atoms with Gasteiger partial charge in [-0.05, 0) is 47.9 Å². The zero-order valence-corrected chi connectivity index (χ0v) is 23.3. The maximum atomic E-state index is 12.8. The van der Waals surface area contributed by atoms with Crippen LogP contribution in [0.1, 0.15) is 33.4 Å². The second kappa shape index (κ2) is 9.98. The van der Waals surface area contributed by atoms with Crippen LogP contribution in [0.2, 0.25) is 23.4 Å². The summed E-state index contributed by atoms with van der Waals surface area (Å²) in [5, 5.41) is 0.557. The van der Waals surface area contributed by atoms with E-state index < -0.39 is 32.4 Å². The Hall–Kier alpha value is -3.10. The van der Waals surface area contributed by atoms with Gasteiger partial charge in [0, 0.05) is 12.6 Å². The number of rotatable bonds is 6. The van der Waals surface area contributed by atoms with Crippen molar-refractivity contribution in [3.05, 3.63) is 47.9 Å². The van der Waals surface area contributed by atoms with Gasteiger partial charge in [-0.3, -0.25) is 0 Å². The summed E-state index contributed by atoms with van der Waals surface area (Å²) in [7, 11) is -2.22. The van der Waals surface area contributed by atoms with E-state index in [1.54, 1.807) is 41.1 Å². The van der Waals surface area contributed by atoms with E-state index in [1.165, 1.54) is 0 Å². The summed E-state index contributed by atoms with van der Waals surface area (Å²) in [4.78, 5) is 21.1. The number of hydrogen-bond donors (Lipinski definition) is 1. The fourth-order valence-corrected chi connectivity index (χ4v) is 5.02. The second-order valence-corrected chi connectivity index (χ2v) is 15.6. The zero-order chi connectivity index (χ0) is 27.0. The third kappa shape index (κ3) is 5.45. The first-order valence-corrected chi connectivity index (χ1v) is 15.2. The first kappa shape index (κ1) is 26.9. The van der Waals surface area contributed by atoms with Crippen LogP contribution < -0.4 is 10.5 Å². The fourth-order valence-electron chi connectivity index (χ4n) is 3.84. The van der Waals surface area contributed by atoms with Crippen molar-refractivity contribution in [3.63, 3.8) is 0 Å². The Morgan fingerprint density at radius 2 is 2.00 bits per heavy atom. The summed E-state index contributed by atoms with van der Waals surface area (Å²) in [6, 6.07) is 10.4. The number of anilines is 1. The van der Waals surface area contributed by atoms with E-state index in [2.05, 4.69) is 49.8 Å². The molecule has 2 N–H and O–H groups in total. The molecule has 0 amide bonds. The van der Waals surface area contributed by atoms with E-state index in [4.69, 9.17) is 42.4 Å². The minimum atomic E-state index is -2.22. The number of halogens is 1. The highest BCUT2D eigenvalue weighted by Crippen LogP contribution is 2.43. The molecule has 11 heteroatoms. The number of benzene rings is 1. The molecule has 1 aliphatic heterocycles. The molecule has 0 unspecified atom stereocenters. The van der Waals surface area contributed by atoms with Gasteiger partial charge < -0.3 is 28.9 Å². The molecule has 1 aliphatic rings. The van der Waals surface area contributed by atoms with Gasteiger partial charge >= 0.3 is 6.16 Å². The monoisotopic (exact) mass is 542 g/mol. The van der Waals surface area contributed by atoms with Gasteiger partial charge in [-0.1, -0.05) is 44.9 Å². The predicted octanol–water partition coefficient (Wildman–Crippen LogP) is 5.56. The highest BCUT2D eigenvalue weighted by molar-refractivity contribution is 6.74. The average Bonchev–Trinajstić information content (AvgIpc) is 3.39. The van der Waals surface area contributed by atoms with E-state index in [0.717, 1.165) is 0 Å². The van der Waals surface area contributed by atoms with Crippen molar-refractivity contribution in [3.8, 4) is 18.1 Å². The molecule has 9 nitrogen and oxygen atoms in total. The third-order valence-corrected chi connectivity index (χ3v) is 11.7. The number of ether oxygens (including phenoxy) is 3. The van der Waals surface area contributed by atoms with Crippen molar-refractivity contribution >= 4 is 42.9 Å². The van der Waals surface area contributed by atoms with Crippen LogP contribution in [0.4, 0.5) is 10.6 Å². The normalized spacial score (nSPS) is 22.1. The van der Waals surface area contributed by atoms with E-state index in [1.807, 2.05) is 6.07 Å². The topological polar surface area (TPSA) is 111 Å². The molecule has 0 saturated carbocycles. The van der Waals surface area contributed by atoms with Crippen LogP contribution in [-0.4, -0.2) is 47.3 Å². The fraction of sp³-hybridized carbons (Fsp3) is 0.423. The van der Waals surface area contributed by atoms with Crippen molar-refractivity contribution in [2.24, 2.45) is 0 Å². The third-order valence-electron chi connectivity index (χ3n) is 7.05. The summed E-state index contributed by atoms with van der Waals surface area (Å²) >= 11 is 6.07. The quantitative estimate of drug-likeness (QED) is 0.142. The number of nitrogen functional groups attached to an aromatic ring is 1. The Labute approximate surface area is 222 Å². The lowest BCUT2D eigenvalue weighted by molar-refractivity contribution is -0.0914. The number of hydrogen-bond acceptors (Lipinski definition) is 8. The maximum absolute atomic E-state index is 12.8. The van der Waals surface area contributed by atoms with E-state index in [-0.39, 0.29) is 29.2 Å². The lowest BCUT2D eigenvalue weighted by Crippen LogP contribution is -2.50.